The fraction of sp³-hybridized carbons (Fsp3) is 0.0714. The largest absolute Gasteiger partial charge is 0.287 e. The second-order valence-electron chi connectivity index (χ2n) is 4.46. The predicted octanol–water partition coefficient (Wildman–Crippen LogP) is 4.58. The highest BCUT2D eigenvalue weighted by molar-refractivity contribution is 7.16. The number of halogens is 3. The van der Waals surface area contributed by atoms with Crippen LogP contribution in [0.4, 0.5) is 0 Å². The molecule has 0 radical (unpaired) electrons. The second kappa shape index (κ2) is 6.38. The van der Waals surface area contributed by atoms with Gasteiger partial charge in [-0.15, -0.1) is 16.4 Å². The molecule has 0 amide bonds. The van der Waals surface area contributed by atoms with Crippen molar-refractivity contribution in [2.45, 2.75) is 6.54 Å². The van der Waals surface area contributed by atoms with E-state index in [1.807, 2.05) is 12.1 Å². The summed E-state index contributed by atoms with van der Waals surface area (Å²) in [4.78, 5) is 13.4. The molecule has 0 fully saturated rings. The number of aromatic nitrogens is 3. The van der Waals surface area contributed by atoms with E-state index >= 15 is 0 Å². The van der Waals surface area contributed by atoms with Crippen LogP contribution in [0.3, 0.4) is 0 Å². The van der Waals surface area contributed by atoms with Crippen LogP contribution in [0, 0.1) is 0 Å². The van der Waals surface area contributed by atoms with Gasteiger partial charge in [0, 0.05) is 15.5 Å². The number of benzene rings is 1. The Morgan fingerprint density at radius 3 is 2.68 bits per heavy atom. The zero-order valence-corrected chi connectivity index (χ0v) is 14.0. The van der Waals surface area contributed by atoms with E-state index in [0.29, 0.717) is 21.5 Å². The summed E-state index contributed by atoms with van der Waals surface area (Å²) in [6.45, 7) is 0.506. The van der Waals surface area contributed by atoms with Gasteiger partial charge in [-0.2, -0.15) is 0 Å². The van der Waals surface area contributed by atoms with Crippen LogP contribution in [0.5, 0.6) is 0 Å². The molecule has 0 saturated heterocycles. The Bertz CT molecular complexity index is 843. The number of nitrogens with zero attached hydrogens (tertiary/aromatic N) is 3. The van der Waals surface area contributed by atoms with Gasteiger partial charge in [-0.1, -0.05) is 40.0 Å². The Morgan fingerprint density at radius 2 is 2.00 bits per heavy atom. The van der Waals surface area contributed by atoms with Gasteiger partial charge in [-0.3, -0.25) is 4.79 Å². The molecule has 0 saturated carbocycles. The molecule has 2 aromatic heterocycles. The molecular weight excluding hydrogens is 365 g/mol. The fourth-order valence-electron chi connectivity index (χ4n) is 1.89. The zero-order chi connectivity index (χ0) is 15.7. The van der Waals surface area contributed by atoms with E-state index in [-0.39, 0.29) is 16.5 Å². The Kier molecular flexibility index (Phi) is 4.49. The van der Waals surface area contributed by atoms with Crippen LogP contribution in [0.1, 0.15) is 20.9 Å². The number of carbonyl (C=O) groups excluding carboxylic acids is 1. The maximum atomic E-state index is 12.4. The first-order valence-electron chi connectivity index (χ1n) is 6.17. The smallest absolute Gasteiger partial charge is 0.216 e. The van der Waals surface area contributed by atoms with E-state index in [9.17, 15) is 4.79 Å². The topological polar surface area (TPSA) is 47.8 Å². The van der Waals surface area contributed by atoms with Crippen molar-refractivity contribution in [2.24, 2.45) is 0 Å². The van der Waals surface area contributed by atoms with Gasteiger partial charge < -0.3 is 0 Å². The van der Waals surface area contributed by atoms with Gasteiger partial charge in [0.1, 0.15) is 0 Å². The van der Waals surface area contributed by atoms with Crippen LogP contribution >= 0.6 is 46.1 Å². The summed E-state index contributed by atoms with van der Waals surface area (Å²) in [7, 11) is 0. The van der Waals surface area contributed by atoms with Crippen LogP contribution in [0.2, 0.25) is 14.4 Å². The lowest BCUT2D eigenvalue weighted by molar-refractivity contribution is 0.103. The molecule has 3 aromatic rings. The van der Waals surface area contributed by atoms with Crippen molar-refractivity contribution < 1.29 is 4.79 Å². The van der Waals surface area contributed by atoms with Crippen molar-refractivity contribution in [3.05, 3.63) is 67.0 Å². The third-order valence-corrected chi connectivity index (χ3v) is 4.66. The van der Waals surface area contributed by atoms with E-state index in [2.05, 4.69) is 10.3 Å². The minimum atomic E-state index is -0.294. The monoisotopic (exact) mass is 371 g/mol. The van der Waals surface area contributed by atoms with Crippen LogP contribution in [0.25, 0.3) is 0 Å². The van der Waals surface area contributed by atoms with Crippen molar-refractivity contribution in [2.75, 3.05) is 0 Å². The lowest BCUT2D eigenvalue weighted by atomic mass is 10.1. The molecule has 112 valence electrons. The first kappa shape index (κ1) is 15.5. The molecule has 0 spiro atoms. The van der Waals surface area contributed by atoms with Crippen molar-refractivity contribution in [1.82, 2.24) is 15.0 Å². The van der Waals surface area contributed by atoms with E-state index < -0.39 is 0 Å². The van der Waals surface area contributed by atoms with Crippen LogP contribution in [-0.2, 0) is 6.54 Å². The summed E-state index contributed by atoms with van der Waals surface area (Å²) in [5, 5.41) is 8.62. The summed E-state index contributed by atoms with van der Waals surface area (Å²) in [6, 6.07) is 8.43. The minimum absolute atomic E-state index is 0.229. The quantitative estimate of drug-likeness (QED) is 0.630. The molecule has 4 nitrogen and oxygen atoms in total. The molecule has 22 heavy (non-hydrogen) atoms. The van der Waals surface area contributed by atoms with Gasteiger partial charge in [-0.05, 0) is 30.3 Å². The Balaban J connectivity index is 1.82. The van der Waals surface area contributed by atoms with E-state index in [4.69, 9.17) is 34.8 Å². The maximum Gasteiger partial charge on any atom is 0.216 e. The first-order valence-corrected chi connectivity index (χ1v) is 8.12. The Labute approximate surface area is 145 Å². The first-order chi connectivity index (χ1) is 10.5. The molecule has 0 unspecified atom stereocenters. The van der Waals surface area contributed by atoms with Gasteiger partial charge in [0.2, 0.25) is 5.78 Å². The average molecular weight is 373 g/mol. The lowest BCUT2D eigenvalue weighted by Crippen LogP contribution is -2.03. The van der Waals surface area contributed by atoms with Crippen molar-refractivity contribution in [3.63, 3.8) is 0 Å². The summed E-state index contributed by atoms with van der Waals surface area (Å²) in [6.07, 6.45) is 1.58. The van der Waals surface area contributed by atoms with Gasteiger partial charge in [0.15, 0.2) is 5.69 Å². The molecule has 1 aromatic carbocycles. The molecule has 0 aliphatic heterocycles. The fourth-order valence-corrected chi connectivity index (χ4v) is 3.46. The predicted molar refractivity (Wildman–Crippen MR) is 88.3 cm³/mol. The lowest BCUT2D eigenvalue weighted by Gasteiger charge is -2.01. The van der Waals surface area contributed by atoms with Crippen LogP contribution in [0.15, 0.2) is 36.5 Å². The third-order valence-electron chi connectivity index (χ3n) is 2.89. The van der Waals surface area contributed by atoms with Crippen LogP contribution in [-0.4, -0.2) is 20.8 Å². The molecule has 0 N–H and O–H groups in total. The number of hydrogen-bond donors (Lipinski definition) is 0. The van der Waals surface area contributed by atoms with Crippen molar-refractivity contribution >= 4 is 51.9 Å². The van der Waals surface area contributed by atoms with Crippen LogP contribution < -0.4 is 0 Å². The molecular formula is C14H8Cl3N3OS. The normalized spacial score (nSPS) is 10.9. The standard InChI is InChI=1S/C14H8Cl3N3OS/c15-8-1-3-10(11(16)5-8)14(21)12-7-20(19-18-12)6-9-2-4-13(17)22-9/h1-5,7H,6H2. The molecule has 2 heterocycles. The van der Waals surface area contributed by atoms with E-state index in [0.717, 1.165) is 4.88 Å². The van der Waals surface area contributed by atoms with Crippen molar-refractivity contribution in [1.29, 1.82) is 0 Å². The third kappa shape index (κ3) is 3.33. The molecule has 8 heteroatoms. The number of thiophene rings is 1. The average Bonchev–Trinajstić information content (AvgIpc) is 3.08. The van der Waals surface area contributed by atoms with E-state index in [1.165, 1.54) is 17.4 Å². The highest BCUT2D eigenvalue weighted by Crippen LogP contribution is 2.24. The van der Waals surface area contributed by atoms with Crippen molar-refractivity contribution in [3.8, 4) is 0 Å². The highest BCUT2D eigenvalue weighted by atomic mass is 35.5. The highest BCUT2D eigenvalue weighted by Gasteiger charge is 2.17. The molecule has 0 bridgehead atoms. The summed E-state index contributed by atoms with van der Waals surface area (Å²) < 4.78 is 2.29. The Morgan fingerprint density at radius 1 is 1.18 bits per heavy atom. The maximum absolute atomic E-state index is 12.4. The van der Waals surface area contributed by atoms with Gasteiger partial charge in [0.05, 0.1) is 22.1 Å². The molecule has 0 aliphatic carbocycles. The van der Waals surface area contributed by atoms with E-state index in [1.54, 1.807) is 23.0 Å². The van der Waals surface area contributed by atoms with Gasteiger partial charge in [-0.25, -0.2) is 4.68 Å². The number of rotatable bonds is 4. The summed E-state index contributed by atoms with van der Waals surface area (Å²) in [5.41, 5.74) is 0.573. The Hall–Kier alpha value is -1.40. The number of hydrogen-bond acceptors (Lipinski definition) is 4. The molecule has 0 aliphatic rings. The minimum Gasteiger partial charge on any atom is -0.287 e. The van der Waals surface area contributed by atoms with Gasteiger partial charge in [0.25, 0.3) is 0 Å². The zero-order valence-electron chi connectivity index (χ0n) is 11.0. The number of ketones is 1. The summed E-state index contributed by atoms with van der Waals surface area (Å²) in [5.74, 6) is -0.294. The molecule has 3 rings (SSSR count). The molecule has 0 atom stereocenters. The van der Waals surface area contributed by atoms with Gasteiger partial charge >= 0.3 is 0 Å². The number of carbonyl (C=O) groups is 1. The SMILES string of the molecule is O=C(c1cn(Cc2ccc(Cl)s2)nn1)c1ccc(Cl)cc1Cl. The second-order valence-corrected chi connectivity index (χ2v) is 7.10. The summed E-state index contributed by atoms with van der Waals surface area (Å²) >= 11 is 19.2.